The number of amides is 1. The number of alkyl halides is 1. The SMILES string of the molecule is CC(=O)c1ccc(NC(=O)[C@H](C)OC(=O)C23C[C@@H]4C[C@@H](CC(Cl)(C4)C2)C3)cc1. The van der Waals surface area contributed by atoms with Crippen LogP contribution in [0.1, 0.15) is 62.7 Å². The molecule has 0 aromatic heterocycles. The molecule has 2 unspecified atom stereocenters. The van der Waals surface area contributed by atoms with Crippen LogP contribution in [-0.4, -0.2) is 28.6 Å². The van der Waals surface area contributed by atoms with Crippen LogP contribution in [0.15, 0.2) is 24.3 Å². The second-order valence-corrected chi connectivity index (χ2v) is 9.86. The first-order valence-electron chi connectivity index (χ1n) is 10.00. The molecule has 28 heavy (non-hydrogen) atoms. The molecule has 4 aliphatic rings. The Bertz CT molecular complexity index is 804. The fourth-order valence-electron chi connectivity index (χ4n) is 5.76. The van der Waals surface area contributed by atoms with E-state index in [-0.39, 0.29) is 22.5 Å². The summed E-state index contributed by atoms with van der Waals surface area (Å²) in [5.41, 5.74) is 0.616. The number of rotatable bonds is 5. The van der Waals surface area contributed by atoms with Gasteiger partial charge in [0.25, 0.3) is 5.91 Å². The van der Waals surface area contributed by atoms with E-state index in [2.05, 4.69) is 5.32 Å². The number of nitrogens with one attached hydrogen (secondary N) is 1. The third-order valence-corrected chi connectivity index (χ3v) is 7.08. The minimum atomic E-state index is -0.890. The minimum Gasteiger partial charge on any atom is -0.452 e. The zero-order valence-electron chi connectivity index (χ0n) is 16.3. The zero-order valence-corrected chi connectivity index (χ0v) is 17.1. The first-order chi connectivity index (χ1) is 13.2. The number of carbonyl (C=O) groups is 3. The van der Waals surface area contributed by atoms with Gasteiger partial charge in [0.15, 0.2) is 11.9 Å². The van der Waals surface area contributed by atoms with Crippen molar-refractivity contribution in [3.8, 4) is 0 Å². The summed E-state index contributed by atoms with van der Waals surface area (Å²) in [6.45, 7) is 3.08. The third kappa shape index (κ3) is 3.57. The van der Waals surface area contributed by atoms with Crippen LogP contribution < -0.4 is 5.32 Å². The molecule has 4 bridgehead atoms. The molecule has 1 N–H and O–H groups in total. The molecule has 5 rings (SSSR count). The molecular weight excluding hydrogens is 378 g/mol. The van der Waals surface area contributed by atoms with Gasteiger partial charge < -0.3 is 10.1 Å². The van der Waals surface area contributed by atoms with Gasteiger partial charge in [0, 0.05) is 16.1 Å². The molecule has 4 fully saturated rings. The normalized spacial score (nSPS) is 34.0. The average molecular weight is 404 g/mol. The van der Waals surface area contributed by atoms with Gasteiger partial charge in [-0.25, -0.2) is 0 Å². The van der Waals surface area contributed by atoms with Crippen molar-refractivity contribution in [3.05, 3.63) is 29.8 Å². The van der Waals surface area contributed by atoms with Gasteiger partial charge in [-0.3, -0.25) is 14.4 Å². The molecule has 1 aromatic carbocycles. The molecule has 4 aliphatic carbocycles. The van der Waals surface area contributed by atoms with Gasteiger partial charge in [-0.1, -0.05) is 0 Å². The van der Waals surface area contributed by atoms with Crippen LogP contribution in [-0.2, 0) is 14.3 Å². The minimum absolute atomic E-state index is 0.0344. The van der Waals surface area contributed by atoms with E-state index in [0.717, 1.165) is 32.1 Å². The van der Waals surface area contributed by atoms with Gasteiger partial charge in [-0.15, -0.1) is 11.6 Å². The zero-order chi connectivity index (χ0) is 20.1. The molecule has 0 radical (unpaired) electrons. The predicted molar refractivity (Wildman–Crippen MR) is 106 cm³/mol. The van der Waals surface area contributed by atoms with Crippen LogP contribution in [0.4, 0.5) is 5.69 Å². The highest BCUT2D eigenvalue weighted by atomic mass is 35.5. The van der Waals surface area contributed by atoms with Crippen LogP contribution in [0.5, 0.6) is 0 Å². The molecule has 0 heterocycles. The van der Waals surface area contributed by atoms with E-state index in [4.69, 9.17) is 16.3 Å². The van der Waals surface area contributed by atoms with E-state index in [0.29, 0.717) is 29.5 Å². The summed E-state index contributed by atoms with van der Waals surface area (Å²) in [4.78, 5) is 36.6. The van der Waals surface area contributed by atoms with Crippen molar-refractivity contribution in [2.75, 3.05) is 5.32 Å². The van der Waals surface area contributed by atoms with Gasteiger partial charge in [0.2, 0.25) is 0 Å². The average Bonchev–Trinajstić information content (AvgIpc) is 2.59. The van der Waals surface area contributed by atoms with Gasteiger partial charge in [-0.05, 0) is 88.5 Å². The molecule has 0 aliphatic heterocycles. The smallest absolute Gasteiger partial charge is 0.312 e. The summed E-state index contributed by atoms with van der Waals surface area (Å²) < 4.78 is 5.61. The van der Waals surface area contributed by atoms with Crippen LogP contribution >= 0.6 is 11.6 Å². The van der Waals surface area contributed by atoms with Gasteiger partial charge in [0.05, 0.1) is 5.41 Å². The maximum absolute atomic E-state index is 13.0. The first kappa shape index (κ1) is 19.4. The second-order valence-electron chi connectivity index (χ2n) is 9.06. The number of hydrogen-bond acceptors (Lipinski definition) is 4. The third-order valence-electron chi connectivity index (χ3n) is 6.63. The molecule has 4 saturated carbocycles. The van der Waals surface area contributed by atoms with Crippen LogP contribution in [0.25, 0.3) is 0 Å². The molecule has 0 spiro atoms. The number of carbonyl (C=O) groups excluding carboxylic acids is 3. The Morgan fingerprint density at radius 1 is 1.11 bits per heavy atom. The van der Waals surface area contributed by atoms with E-state index in [1.54, 1.807) is 31.2 Å². The number of hydrogen-bond donors (Lipinski definition) is 1. The number of benzene rings is 1. The van der Waals surface area contributed by atoms with E-state index >= 15 is 0 Å². The summed E-state index contributed by atoms with van der Waals surface area (Å²) in [6.07, 6.45) is 4.58. The Hall–Kier alpha value is -1.88. The molecule has 1 aromatic rings. The van der Waals surface area contributed by atoms with E-state index in [1.165, 1.54) is 6.92 Å². The Morgan fingerprint density at radius 2 is 1.71 bits per heavy atom. The topological polar surface area (TPSA) is 72.5 Å². The lowest BCUT2D eigenvalue weighted by atomic mass is 9.49. The lowest BCUT2D eigenvalue weighted by molar-refractivity contribution is -0.176. The van der Waals surface area contributed by atoms with Gasteiger partial charge >= 0.3 is 5.97 Å². The monoisotopic (exact) mass is 403 g/mol. The van der Waals surface area contributed by atoms with Crippen LogP contribution in [0, 0.1) is 17.3 Å². The number of esters is 1. The van der Waals surface area contributed by atoms with Gasteiger partial charge in [-0.2, -0.15) is 0 Å². The summed E-state index contributed by atoms with van der Waals surface area (Å²) in [5, 5.41) is 2.74. The lowest BCUT2D eigenvalue weighted by Crippen LogP contribution is -2.57. The van der Waals surface area contributed by atoms with Gasteiger partial charge in [0.1, 0.15) is 0 Å². The van der Waals surface area contributed by atoms with Crippen molar-refractivity contribution in [1.82, 2.24) is 0 Å². The predicted octanol–water partition coefficient (Wildman–Crippen LogP) is 4.34. The van der Waals surface area contributed by atoms with Crippen molar-refractivity contribution in [3.63, 3.8) is 0 Å². The number of Topliss-reactive ketones (excluding diaryl/α,β-unsaturated/α-hetero) is 1. The fraction of sp³-hybridized carbons (Fsp3) is 0.591. The number of ether oxygens (including phenoxy) is 1. The first-order valence-corrected chi connectivity index (χ1v) is 10.4. The summed E-state index contributed by atoms with van der Waals surface area (Å²) in [5.74, 6) is 0.300. The maximum Gasteiger partial charge on any atom is 0.312 e. The highest BCUT2D eigenvalue weighted by Crippen LogP contribution is 2.64. The molecule has 5 atom stereocenters. The van der Waals surface area contributed by atoms with Crippen molar-refractivity contribution in [2.45, 2.75) is 63.4 Å². The van der Waals surface area contributed by atoms with Crippen molar-refractivity contribution in [2.24, 2.45) is 17.3 Å². The van der Waals surface area contributed by atoms with E-state index in [9.17, 15) is 14.4 Å². The lowest BCUT2D eigenvalue weighted by Gasteiger charge is -2.58. The van der Waals surface area contributed by atoms with Crippen LogP contribution in [0.2, 0.25) is 0 Å². The fourth-order valence-corrected chi connectivity index (χ4v) is 6.45. The Balaban J connectivity index is 1.39. The molecule has 1 amide bonds. The molecule has 6 heteroatoms. The Labute approximate surface area is 170 Å². The molecular formula is C22H26ClNO4. The molecule has 0 saturated heterocycles. The van der Waals surface area contributed by atoms with E-state index in [1.807, 2.05) is 0 Å². The number of halogens is 1. The highest BCUT2D eigenvalue weighted by Gasteiger charge is 2.61. The summed E-state index contributed by atoms with van der Waals surface area (Å²) in [6, 6.07) is 6.65. The number of ketones is 1. The standard InChI is InChI=1S/C22H26ClNO4/c1-13(25)17-3-5-18(6-4-17)24-19(26)14(2)28-20(27)21-8-15-7-16(9-21)11-22(23,10-15)12-21/h3-6,14-16H,7-12H2,1-2H3,(H,24,26)/t14-,15-,16+,21?,22?/m0/s1. The van der Waals surface area contributed by atoms with E-state index < -0.39 is 11.5 Å². The maximum atomic E-state index is 13.0. The van der Waals surface area contributed by atoms with Crippen molar-refractivity contribution < 1.29 is 19.1 Å². The van der Waals surface area contributed by atoms with Crippen molar-refractivity contribution in [1.29, 1.82) is 0 Å². The molecule has 5 nitrogen and oxygen atoms in total. The van der Waals surface area contributed by atoms with Crippen LogP contribution in [0.3, 0.4) is 0 Å². The highest BCUT2D eigenvalue weighted by molar-refractivity contribution is 6.24. The number of anilines is 1. The molecule has 150 valence electrons. The summed E-state index contributed by atoms with van der Waals surface area (Å²) in [7, 11) is 0. The Kier molecular flexibility index (Phi) is 4.77. The Morgan fingerprint density at radius 3 is 2.25 bits per heavy atom. The second kappa shape index (κ2) is 6.87. The quantitative estimate of drug-likeness (QED) is 0.451. The largest absolute Gasteiger partial charge is 0.452 e. The van der Waals surface area contributed by atoms with Crippen molar-refractivity contribution >= 4 is 34.9 Å². The summed E-state index contributed by atoms with van der Waals surface area (Å²) >= 11 is 6.79.